The molecule has 0 radical (unpaired) electrons. The highest BCUT2D eigenvalue weighted by atomic mass is 35.5. The fraction of sp³-hybridized carbons (Fsp3) is 0.143. The fourth-order valence-corrected chi connectivity index (χ4v) is 2.46. The van der Waals surface area contributed by atoms with Crippen molar-refractivity contribution in [1.29, 1.82) is 0 Å². The van der Waals surface area contributed by atoms with Gasteiger partial charge in [-0.05, 0) is 36.2 Å². The molecule has 0 saturated heterocycles. The van der Waals surface area contributed by atoms with Crippen molar-refractivity contribution in [3.05, 3.63) is 52.3 Å². The molecule has 4 nitrogen and oxygen atoms in total. The number of amides is 1. The molecule has 0 aliphatic carbocycles. The Labute approximate surface area is 133 Å². The summed E-state index contributed by atoms with van der Waals surface area (Å²) in [5, 5.41) is -0.180. The van der Waals surface area contributed by atoms with E-state index >= 15 is 0 Å². The largest absolute Gasteiger partial charge is 0.271 e. The van der Waals surface area contributed by atoms with E-state index in [1.165, 1.54) is 24.6 Å². The zero-order valence-corrected chi connectivity index (χ0v) is 13.2. The molecular formula is C14H11ClF2N2O2S. The minimum Gasteiger partial charge on any atom is -0.271 e. The molecule has 1 amide bonds. The first-order valence-corrected chi connectivity index (χ1v) is 7.99. The number of carbonyl (C=O) groups is 1. The minimum atomic E-state index is -1.59. The molecular weight excluding hydrogens is 334 g/mol. The van der Waals surface area contributed by atoms with Crippen molar-refractivity contribution in [2.24, 2.45) is 0 Å². The quantitative estimate of drug-likeness (QED) is 0.871. The van der Waals surface area contributed by atoms with Crippen LogP contribution in [0.15, 0.2) is 24.4 Å². The first kappa shape index (κ1) is 16.5. The molecule has 1 unspecified atom stereocenters. The van der Waals surface area contributed by atoms with Crippen molar-refractivity contribution in [3.63, 3.8) is 0 Å². The van der Waals surface area contributed by atoms with Crippen LogP contribution in [0.25, 0.3) is 11.1 Å². The molecule has 22 heavy (non-hydrogen) atoms. The highest BCUT2D eigenvalue weighted by Crippen LogP contribution is 2.28. The van der Waals surface area contributed by atoms with E-state index in [-0.39, 0.29) is 10.6 Å². The third-order valence-electron chi connectivity index (χ3n) is 2.90. The number of halogens is 3. The summed E-state index contributed by atoms with van der Waals surface area (Å²) in [7, 11) is -1.59. The topological polar surface area (TPSA) is 59.1 Å². The summed E-state index contributed by atoms with van der Waals surface area (Å²) in [6.45, 7) is 1.66. The molecule has 1 aromatic carbocycles. The Hall–Kier alpha value is -1.86. The van der Waals surface area contributed by atoms with Crippen LogP contribution in [0.2, 0.25) is 5.02 Å². The van der Waals surface area contributed by atoms with Gasteiger partial charge >= 0.3 is 0 Å². The molecule has 8 heteroatoms. The third-order valence-corrected chi connectivity index (χ3v) is 3.64. The zero-order chi connectivity index (χ0) is 16.4. The normalized spacial score (nSPS) is 12.0. The molecule has 1 heterocycles. The standard InChI is InChI=1S/C14H11ClF2N2O2S/c1-7-3-10(14(20)19-22(2)21)12(16)5-9(7)8-4-11(15)13(17)18-6-8/h3-6H,1-2H3,(H,19,20). The van der Waals surface area contributed by atoms with E-state index in [1.54, 1.807) is 6.92 Å². The van der Waals surface area contributed by atoms with Gasteiger partial charge in [0.15, 0.2) is 0 Å². The lowest BCUT2D eigenvalue weighted by molar-refractivity contribution is 0.0979. The van der Waals surface area contributed by atoms with Crippen LogP contribution in [0.3, 0.4) is 0 Å². The van der Waals surface area contributed by atoms with Gasteiger partial charge < -0.3 is 0 Å². The second-order valence-corrected chi connectivity index (χ2v) is 6.05. The number of hydrogen-bond acceptors (Lipinski definition) is 3. The van der Waals surface area contributed by atoms with Gasteiger partial charge in [0.1, 0.15) is 16.8 Å². The van der Waals surface area contributed by atoms with E-state index in [0.29, 0.717) is 16.7 Å². The molecule has 0 bridgehead atoms. The van der Waals surface area contributed by atoms with Crippen LogP contribution in [0.5, 0.6) is 0 Å². The van der Waals surface area contributed by atoms with Gasteiger partial charge in [-0.25, -0.2) is 13.6 Å². The first-order chi connectivity index (χ1) is 10.3. The number of pyridine rings is 1. The molecule has 2 rings (SSSR count). The van der Waals surface area contributed by atoms with Crippen LogP contribution in [0.4, 0.5) is 8.78 Å². The Kier molecular flexibility index (Phi) is 4.87. The van der Waals surface area contributed by atoms with Gasteiger partial charge in [-0.1, -0.05) is 11.6 Å². The molecule has 2 aromatic rings. The monoisotopic (exact) mass is 344 g/mol. The van der Waals surface area contributed by atoms with Crippen molar-refractivity contribution >= 4 is 28.5 Å². The number of nitrogens with zero attached hydrogens (tertiary/aromatic N) is 1. The third kappa shape index (κ3) is 3.48. The predicted octanol–water partition coefficient (Wildman–Crippen LogP) is 3.01. The van der Waals surface area contributed by atoms with E-state index < -0.39 is 28.7 Å². The highest BCUT2D eigenvalue weighted by Gasteiger charge is 2.16. The molecule has 0 aliphatic rings. The summed E-state index contributed by atoms with van der Waals surface area (Å²) in [6, 6.07) is 3.78. The molecule has 1 aromatic heterocycles. The molecule has 116 valence electrons. The lowest BCUT2D eigenvalue weighted by Crippen LogP contribution is -2.25. The Morgan fingerprint density at radius 2 is 2.00 bits per heavy atom. The maximum absolute atomic E-state index is 14.1. The number of hydrogen-bond donors (Lipinski definition) is 1. The number of rotatable bonds is 3. The van der Waals surface area contributed by atoms with Gasteiger partial charge in [-0.2, -0.15) is 4.39 Å². The smallest absolute Gasteiger partial charge is 0.265 e. The minimum absolute atomic E-state index is 0.180. The number of benzene rings is 1. The van der Waals surface area contributed by atoms with Gasteiger partial charge in [0.25, 0.3) is 5.91 Å². The molecule has 0 aliphatic heterocycles. The van der Waals surface area contributed by atoms with Crippen molar-refractivity contribution in [1.82, 2.24) is 9.71 Å². The van der Waals surface area contributed by atoms with Crippen LogP contribution < -0.4 is 4.72 Å². The van der Waals surface area contributed by atoms with Crippen LogP contribution in [0, 0.1) is 18.7 Å². The van der Waals surface area contributed by atoms with E-state index in [2.05, 4.69) is 9.71 Å². The van der Waals surface area contributed by atoms with Crippen molar-refractivity contribution in [2.45, 2.75) is 6.92 Å². The maximum atomic E-state index is 14.1. The Bertz CT molecular complexity index is 784. The zero-order valence-electron chi connectivity index (χ0n) is 11.6. The van der Waals surface area contributed by atoms with Crippen LogP contribution in [0.1, 0.15) is 15.9 Å². The van der Waals surface area contributed by atoms with Gasteiger partial charge in [0.2, 0.25) is 5.95 Å². The molecule has 0 saturated carbocycles. The summed E-state index contributed by atoms with van der Waals surface area (Å²) >= 11 is 5.67. The molecule has 0 fully saturated rings. The van der Waals surface area contributed by atoms with Crippen molar-refractivity contribution in [2.75, 3.05) is 6.26 Å². The van der Waals surface area contributed by atoms with Gasteiger partial charge in [-0.3, -0.25) is 9.52 Å². The molecule has 0 spiro atoms. The van der Waals surface area contributed by atoms with Gasteiger partial charge in [0.05, 0.1) is 10.6 Å². The number of aryl methyl sites for hydroxylation is 1. The second-order valence-electron chi connectivity index (χ2n) is 4.53. The predicted molar refractivity (Wildman–Crippen MR) is 80.9 cm³/mol. The van der Waals surface area contributed by atoms with Crippen molar-refractivity contribution < 1.29 is 17.8 Å². The Balaban J connectivity index is 2.48. The number of nitrogens with one attached hydrogen (secondary N) is 1. The van der Waals surface area contributed by atoms with E-state index in [4.69, 9.17) is 11.6 Å². The number of carbonyl (C=O) groups excluding carboxylic acids is 1. The summed E-state index contributed by atoms with van der Waals surface area (Å²) in [6.07, 6.45) is 2.49. The molecule has 1 atom stereocenters. The second kappa shape index (κ2) is 6.50. The van der Waals surface area contributed by atoms with Crippen LogP contribution in [-0.2, 0) is 11.0 Å². The average molecular weight is 345 g/mol. The van der Waals surface area contributed by atoms with E-state index in [1.807, 2.05) is 0 Å². The van der Waals surface area contributed by atoms with Crippen LogP contribution in [-0.4, -0.2) is 21.4 Å². The van der Waals surface area contributed by atoms with E-state index in [0.717, 1.165) is 6.07 Å². The summed E-state index contributed by atoms with van der Waals surface area (Å²) in [5.74, 6) is -2.38. The summed E-state index contributed by atoms with van der Waals surface area (Å²) in [5.41, 5.74) is 1.20. The lowest BCUT2D eigenvalue weighted by atomic mass is 9.99. The van der Waals surface area contributed by atoms with Gasteiger partial charge in [-0.15, -0.1) is 0 Å². The molecule has 1 N–H and O–H groups in total. The highest BCUT2D eigenvalue weighted by molar-refractivity contribution is 7.82. The summed E-state index contributed by atoms with van der Waals surface area (Å²) in [4.78, 5) is 15.2. The SMILES string of the molecule is Cc1cc(C(=O)NS(C)=O)c(F)cc1-c1cnc(F)c(Cl)c1. The maximum Gasteiger partial charge on any atom is 0.265 e. The van der Waals surface area contributed by atoms with Crippen molar-refractivity contribution in [3.8, 4) is 11.1 Å². The summed E-state index contributed by atoms with van der Waals surface area (Å²) < 4.78 is 40.3. The average Bonchev–Trinajstić information content (AvgIpc) is 2.43. The van der Waals surface area contributed by atoms with Crippen LogP contribution >= 0.6 is 11.6 Å². The fourth-order valence-electron chi connectivity index (χ4n) is 1.92. The number of aromatic nitrogens is 1. The van der Waals surface area contributed by atoms with E-state index in [9.17, 15) is 17.8 Å². The Morgan fingerprint density at radius 3 is 2.59 bits per heavy atom. The first-order valence-electron chi connectivity index (χ1n) is 6.05. The lowest BCUT2D eigenvalue weighted by Gasteiger charge is -2.10. The van der Waals surface area contributed by atoms with Gasteiger partial charge in [0, 0.05) is 18.0 Å². The Morgan fingerprint density at radius 1 is 1.32 bits per heavy atom.